The van der Waals surface area contributed by atoms with Crippen LogP contribution >= 0.6 is 11.6 Å². The Hall–Kier alpha value is -2.09. The molecule has 25 heavy (non-hydrogen) atoms. The Balaban J connectivity index is 1.87. The van der Waals surface area contributed by atoms with E-state index in [2.05, 4.69) is 10.6 Å². The van der Waals surface area contributed by atoms with E-state index in [-0.39, 0.29) is 25.7 Å². The van der Waals surface area contributed by atoms with Gasteiger partial charge >= 0.3 is 6.03 Å². The predicted molar refractivity (Wildman–Crippen MR) is 100 cm³/mol. The maximum Gasteiger partial charge on any atom is 0.319 e. The van der Waals surface area contributed by atoms with Gasteiger partial charge in [-0.25, -0.2) is 13.2 Å². The summed E-state index contributed by atoms with van der Waals surface area (Å²) in [6.07, 6.45) is 1.15. The summed E-state index contributed by atoms with van der Waals surface area (Å²) in [4.78, 5) is 11.8. The molecule has 0 bridgehead atoms. The fourth-order valence-electron chi connectivity index (χ4n) is 2.15. The zero-order valence-corrected chi connectivity index (χ0v) is 15.3. The van der Waals surface area contributed by atoms with E-state index in [0.29, 0.717) is 10.7 Å². The molecular weight excluding hydrogens is 362 g/mol. The molecular formula is C17H20ClN3O3S. The minimum atomic E-state index is -3.40. The quantitative estimate of drug-likeness (QED) is 0.774. The topological polar surface area (TPSA) is 78.5 Å². The fraction of sp³-hybridized carbons (Fsp3) is 0.235. The molecule has 0 unspecified atom stereocenters. The Morgan fingerprint density at radius 1 is 1.08 bits per heavy atom. The molecule has 0 heterocycles. The van der Waals surface area contributed by atoms with Crippen LogP contribution < -0.4 is 10.6 Å². The normalized spacial score (nSPS) is 11.3. The number of sulfonamides is 1. The number of rotatable bonds is 7. The Labute approximate surface area is 152 Å². The molecule has 0 saturated carbocycles. The van der Waals surface area contributed by atoms with E-state index in [9.17, 15) is 13.2 Å². The van der Waals surface area contributed by atoms with Crippen molar-refractivity contribution in [1.82, 2.24) is 9.62 Å². The maximum atomic E-state index is 11.9. The Morgan fingerprint density at radius 3 is 2.32 bits per heavy atom. The molecule has 6 nitrogen and oxygen atoms in total. The van der Waals surface area contributed by atoms with Crippen LogP contribution in [0.4, 0.5) is 10.5 Å². The number of benzene rings is 2. The number of urea groups is 1. The molecule has 0 atom stereocenters. The molecule has 0 radical (unpaired) electrons. The van der Waals surface area contributed by atoms with Crippen LogP contribution in [0.25, 0.3) is 0 Å². The third-order valence-corrected chi connectivity index (χ3v) is 4.92. The van der Waals surface area contributed by atoms with Gasteiger partial charge in [0.15, 0.2) is 0 Å². The number of anilines is 1. The van der Waals surface area contributed by atoms with Crippen molar-refractivity contribution >= 4 is 33.3 Å². The van der Waals surface area contributed by atoms with Crippen LogP contribution in [0.2, 0.25) is 5.02 Å². The van der Waals surface area contributed by atoms with Crippen LogP contribution in [-0.2, 0) is 16.6 Å². The molecule has 0 aromatic heterocycles. The number of hydrogen-bond acceptors (Lipinski definition) is 3. The summed E-state index contributed by atoms with van der Waals surface area (Å²) in [5.74, 6) is 0. The van der Waals surface area contributed by atoms with Crippen LogP contribution in [0.1, 0.15) is 5.56 Å². The summed E-state index contributed by atoms with van der Waals surface area (Å²) in [6.45, 7) is 0.584. The summed E-state index contributed by atoms with van der Waals surface area (Å²) in [7, 11) is -3.40. The highest BCUT2D eigenvalue weighted by Crippen LogP contribution is 2.13. The zero-order valence-electron chi connectivity index (χ0n) is 13.8. The van der Waals surface area contributed by atoms with Gasteiger partial charge in [-0.15, -0.1) is 0 Å². The average Bonchev–Trinajstić information content (AvgIpc) is 2.56. The fourth-order valence-corrected chi connectivity index (χ4v) is 3.08. The number of hydrogen-bond donors (Lipinski definition) is 2. The van der Waals surface area contributed by atoms with Crippen molar-refractivity contribution in [1.29, 1.82) is 0 Å². The number of carbonyl (C=O) groups is 1. The summed E-state index contributed by atoms with van der Waals surface area (Å²) < 4.78 is 25.2. The monoisotopic (exact) mass is 381 g/mol. The minimum absolute atomic E-state index is 0.170. The zero-order chi connectivity index (χ0) is 18.3. The van der Waals surface area contributed by atoms with Crippen molar-refractivity contribution in [2.75, 3.05) is 24.7 Å². The Kier molecular flexibility index (Phi) is 6.81. The second kappa shape index (κ2) is 8.84. The van der Waals surface area contributed by atoms with Gasteiger partial charge in [-0.05, 0) is 29.8 Å². The number of amides is 2. The molecule has 2 aromatic rings. The highest BCUT2D eigenvalue weighted by molar-refractivity contribution is 7.88. The Morgan fingerprint density at radius 2 is 1.72 bits per heavy atom. The maximum absolute atomic E-state index is 11.9. The molecule has 0 fully saturated rings. The van der Waals surface area contributed by atoms with Crippen molar-refractivity contribution in [3.63, 3.8) is 0 Å². The van der Waals surface area contributed by atoms with Crippen molar-refractivity contribution in [3.8, 4) is 0 Å². The van der Waals surface area contributed by atoms with Gasteiger partial charge in [-0.1, -0.05) is 41.9 Å². The van der Waals surface area contributed by atoms with E-state index in [4.69, 9.17) is 11.6 Å². The first-order valence-corrected chi connectivity index (χ1v) is 9.87. The summed E-state index contributed by atoms with van der Waals surface area (Å²) in [6, 6.07) is 15.6. The highest BCUT2D eigenvalue weighted by atomic mass is 35.5. The third-order valence-electron chi connectivity index (χ3n) is 3.42. The van der Waals surface area contributed by atoms with E-state index in [0.717, 1.165) is 11.8 Å². The lowest BCUT2D eigenvalue weighted by molar-refractivity contribution is 0.251. The number of nitrogens with zero attached hydrogens (tertiary/aromatic N) is 1. The van der Waals surface area contributed by atoms with Crippen molar-refractivity contribution < 1.29 is 13.2 Å². The largest absolute Gasteiger partial charge is 0.337 e. The van der Waals surface area contributed by atoms with Crippen LogP contribution in [0, 0.1) is 0 Å². The van der Waals surface area contributed by atoms with Gasteiger partial charge in [0.05, 0.1) is 6.26 Å². The number of nitrogens with one attached hydrogen (secondary N) is 2. The first-order chi connectivity index (χ1) is 11.8. The predicted octanol–water partition coefficient (Wildman–Crippen LogP) is 2.92. The summed E-state index contributed by atoms with van der Waals surface area (Å²) in [5.41, 5.74) is 1.49. The van der Waals surface area contributed by atoms with Crippen molar-refractivity contribution in [2.24, 2.45) is 0 Å². The van der Waals surface area contributed by atoms with E-state index in [1.54, 1.807) is 36.4 Å². The summed E-state index contributed by atoms with van der Waals surface area (Å²) >= 11 is 5.84. The molecule has 0 aliphatic heterocycles. The van der Waals surface area contributed by atoms with Crippen molar-refractivity contribution in [3.05, 3.63) is 65.2 Å². The standard InChI is InChI=1S/C17H20ClN3O3S/c1-25(23,24)21(13-14-7-9-15(18)10-8-14)12-11-19-17(22)20-16-5-3-2-4-6-16/h2-10H,11-13H2,1H3,(H2,19,20,22). The smallest absolute Gasteiger partial charge is 0.319 e. The number of para-hydroxylation sites is 1. The van der Waals surface area contributed by atoms with Gasteiger partial charge in [-0.2, -0.15) is 4.31 Å². The van der Waals surface area contributed by atoms with Crippen LogP contribution in [0.3, 0.4) is 0 Å². The molecule has 134 valence electrons. The molecule has 2 aromatic carbocycles. The van der Waals surface area contributed by atoms with E-state index >= 15 is 0 Å². The van der Waals surface area contributed by atoms with Gasteiger partial charge in [0.2, 0.25) is 10.0 Å². The number of halogens is 1. The molecule has 0 aliphatic rings. The Bertz CT molecular complexity index is 796. The molecule has 8 heteroatoms. The molecule has 2 rings (SSSR count). The van der Waals surface area contributed by atoms with Gasteiger partial charge in [0, 0.05) is 30.3 Å². The lowest BCUT2D eigenvalue weighted by Gasteiger charge is -2.20. The molecule has 0 saturated heterocycles. The highest BCUT2D eigenvalue weighted by Gasteiger charge is 2.17. The first-order valence-electron chi connectivity index (χ1n) is 7.64. The SMILES string of the molecule is CS(=O)(=O)N(CCNC(=O)Nc1ccccc1)Cc1ccc(Cl)cc1. The third kappa shape index (κ3) is 6.74. The molecule has 0 aliphatic carbocycles. The second-order valence-corrected chi connectivity index (χ2v) is 7.89. The second-order valence-electron chi connectivity index (χ2n) is 5.47. The number of carbonyl (C=O) groups excluding carboxylic acids is 1. The first kappa shape index (κ1) is 19.2. The van der Waals surface area contributed by atoms with Gasteiger partial charge < -0.3 is 10.6 Å². The van der Waals surface area contributed by atoms with Gasteiger partial charge in [0.25, 0.3) is 0 Å². The van der Waals surface area contributed by atoms with E-state index in [1.807, 2.05) is 18.2 Å². The lowest BCUT2D eigenvalue weighted by atomic mass is 10.2. The average molecular weight is 382 g/mol. The lowest BCUT2D eigenvalue weighted by Crippen LogP contribution is -2.39. The van der Waals surface area contributed by atoms with E-state index < -0.39 is 10.0 Å². The minimum Gasteiger partial charge on any atom is -0.337 e. The van der Waals surface area contributed by atoms with Gasteiger partial charge in [-0.3, -0.25) is 0 Å². The van der Waals surface area contributed by atoms with Gasteiger partial charge in [0.1, 0.15) is 0 Å². The molecule has 0 spiro atoms. The summed E-state index contributed by atoms with van der Waals surface area (Å²) in [5, 5.41) is 5.92. The van der Waals surface area contributed by atoms with Crippen LogP contribution in [0.5, 0.6) is 0 Å². The molecule has 2 amide bonds. The van der Waals surface area contributed by atoms with Crippen molar-refractivity contribution in [2.45, 2.75) is 6.54 Å². The van der Waals surface area contributed by atoms with E-state index in [1.165, 1.54) is 4.31 Å². The van der Waals surface area contributed by atoms with Crippen LogP contribution in [-0.4, -0.2) is 38.1 Å². The van der Waals surface area contributed by atoms with Crippen LogP contribution in [0.15, 0.2) is 54.6 Å². The molecule has 2 N–H and O–H groups in total.